The molecule has 1 saturated heterocycles. The average Bonchev–Trinajstić information content (AvgIpc) is 3.24. The van der Waals surface area contributed by atoms with Gasteiger partial charge in [-0.3, -0.25) is 4.79 Å². The van der Waals surface area contributed by atoms with Crippen LogP contribution in [0.25, 0.3) is 0 Å². The Balaban J connectivity index is 1.59. The number of hydrogen-bond acceptors (Lipinski definition) is 5. The zero-order valence-corrected chi connectivity index (χ0v) is 14.2. The Morgan fingerprint density at radius 3 is 2.50 bits per heavy atom. The van der Waals surface area contributed by atoms with Crippen molar-refractivity contribution in [3.05, 3.63) is 78.1 Å². The molecule has 2 heterocycles. The van der Waals surface area contributed by atoms with Gasteiger partial charge in [0.15, 0.2) is 6.04 Å². The van der Waals surface area contributed by atoms with Gasteiger partial charge in [0.1, 0.15) is 12.4 Å². The predicted octanol–water partition coefficient (Wildman–Crippen LogP) is 1.86. The second-order valence-electron chi connectivity index (χ2n) is 6.16. The maximum atomic E-state index is 13.3. The summed E-state index contributed by atoms with van der Waals surface area (Å²) in [7, 11) is 0. The lowest BCUT2D eigenvalue weighted by molar-refractivity contribution is -0.141. The SMILES string of the molecule is O=C([C@@H](c1ccccc1)n1cnnn1)N1CCO[C@@H](c2ccccc2)C1. The summed E-state index contributed by atoms with van der Waals surface area (Å²) in [6.07, 6.45) is 1.35. The van der Waals surface area contributed by atoms with Crippen LogP contribution in [0.5, 0.6) is 0 Å². The lowest BCUT2D eigenvalue weighted by atomic mass is 10.0. The summed E-state index contributed by atoms with van der Waals surface area (Å²) in [5.41, 5.74) is 1.93. The van der Waals surface area contributed by atoms with Crippen LogP contribution in [0, 0.1) is 0 Å². The summed E-state index contributed by atoms with van der Waals surface area (Å²) in [6.45, 7) is 1.56. The third kappa shape index (κ3) is 3.34. The maximum absolute atomic E-state index is 13.3. The van der Waals surface area contributed by atoms with Crippen LogP contribution < -0.4 is 0 Å². The average molecular weight is 349 g/mol. The van der Waals surface area contributed by atoms with Gasteiger partial charge in [0.25, 0.3) is 5.91 Å². The van der Waals surface area contributed by atoms with Crippen LogP contribution in [0.2, 0.25) is 0 Å². The van der Waals surface area contributed by atoms with Crippen molar-refractivity contribution in [2.45, 2.75) is 12.1 Å². The van der Waals surface area contributed by atoms with Gasteiger partial charge < -0.3 is 9.64 Å². The zero-order valence-electron chi connectivity index (χ0n) is 14.2. The molecule has 2 atom stereocenters. The lowest BCUT2D eigenvalue weighted by Crippen LogP contribution is -2.45. The van der Waals surface area contributed by atoms with Crippen LogP contribution >= 0.6 is 0 Å². The molecule has 1 amide bonds. The molecule has 0 bridgehead atoms. The molecule has 132 valence electrons. The Hall–Kier alpha value is -3.06. The van der Waals surface area contributed by atoms with Crippen molar-refractivity contribution in [1.29, 1.82) is 0 Å². The van der Waals surface area contributed by atoms with E-state index >= 15 is 0 Å². The van der Waals surface area contributed by atoms with Gasteiger partial charge in [-0.2, -0.15) is 0 Å². The Kier molecular flexibility index (Phi) is 4.70. The van der Waals surface area contributed by atoms with Gasteiger partial charge in [0, 0.05) is 6.54 Å². The van der Waals surface area contributed by atoms with E-state index in [9.17, 15) is 4.79 Å². The predicted molar refractivity (Wildman–Crippen MR) is 94.1 cm³/mol. The molecule has 7 heteroatoms. The van der Waals surface area contributed by atoms with E-state index in [1.807, 2.05) is 65.6 Å². The molecule has 1 aromatic heterocycles. The number of carbonyl (C=O) groups excluding carboxylic acids is 1. The van der Waals surface area contributed by atoms with E-state index in [0.29, 0.717) is 19.7 Å². The van der Waals surface area contributed by atoms with E-state index in [1.165, 1.54) is 11.0 Å². The van der Waals surface area contributed by atoms with Crippen LogP contribution in [0.3, 0.4) is 0 Å². The van der Waals surface area contributed by atoms with Gasteiger partial charge in [-0.25, -0.2) is 4.68 Å². The molecule has 1 aliphatic rings. The standard InChI is InChI=1S/C19H19N5O2/c25-19(18(24-14-20-21-22-24)16-9-5-2-6-10-16)23-11-12-26-17(13-23)15-7-3-1-4-8-15/h1-10,14,17-18H,11-13H2/t17-,18-/m1/s1. The number of rotatable bonds is 4. The fourth-order valence-corrected chi connectivity index (χ4v) is 3.22. The van der Waals surface area contributed by atoms with Crippen molar-refractivity contribution in [3.63, 3.8) is 0 Å². The van der Waals surface area contributed by atoms with Crippen LogP contribution in [-0.4, -0.2) is 50.7 Å². The fourth-order valence-electron chi connectivity index (χ4n) is 3.22. The highest BCUT2D eigenvalue weighted by Gasteiger charge is 2.32. The Morgan fingerprint density at radius 1 is 1.08 bits per heavy atom. The normalized spacial score (nSPS) is 18.5. The summed E-state index contributed by atoms with van der Waals surface area (Å²) in [5, 5.41) is 11.4. The summed E-state index contributed by atoms with van der Waals surface area (Å²) in [6, 6.07) is 19.0. The van der Waals surface area contributed by atoms with Gasteiger partial charge in [-0.15, -0.1) is 5.10 Å². The molecular formula is C19H19N5O2. The molecule has 2 aromatic carbocycles. The molecule has 4 rings (SSSR count). The fraction of sp³-hybridized carbons (Fsp3) is 0.263. The van der Waals surface area contributed by atoms with E-state index in [2.05, 4.69) is 15.5 Å². The number of aromatic nitrogens is 4. The number of amides is 1. The highest BCUT2D eigenvalue weighted by molar-refractivity contribution is 5.83. The number of carbonyl (C=O) groups is 1. The zero-order chi connectivity index (χ0) is 17.8. The monoisotopic (exact) mass is 349 g/mol. The quantitative estimate of drug-likeness (QED) is 0.719. The van der Waals surface area contributed by atoms with Crippen molar-refractivity contribution in [2.75, 3.05) is 19.7 Å². The van der Waals surface area contributed by atoms with Crippen molar-refractivity contribution in [1.82, 2.24) is 25.1 Å². The highest BCUT2D eigenvalue weighted by Crippen LogP contribution is 2.26. The van der Waals surface area contributed by atoms with E-state index in [4.69, 9.17) is 4.74 Å². The van der Waals surface area contributed by atoms with E-state index in [1.54, 1.807) is 0 Å². The largest absolute Gasteiger partial charge is 0.370 e. The van der Waals surface area contributed by atoms with E-state index in [-0.39, 0.29) is 12.0 Å². The molecule has 0 aliphatic carbocycles. The summed E-state index contributed by atoms with van der Waals surface area (Å²) >= 11 is 0. The molecule has 0 unspecified atom stereocenters. The van der Waals surface area contributed by atoms with Crippen LogP contribution in [0.4, 0.5) is 0 Å². The number of morpholine rings is 1. The van der Waals surface area contributed by atoms with Crippen LogP contribution in [-0.2, 0) is 9.53 Å². The minimum absolute atomic E-state index is 0.0345. The molecule has 1 aliphatic heterocycles. The second-order valence-corrected chi connectivity index (χ2v) is 6.16. The Morgan fingerprint density at radius 2 is 1.81 bits per heavy atom. The van der Waals surface area contributed by atoms with Gasteiger partial charge >= 0.3 is 0 Å². The molecule has 7 nitrogen and oxygen atoms in total. The van der Waals surface area contributed by atoms with Gasteiger partial charge in [-0.05, 0) is 21.6 Å². The molecule has 0 N–H and O–H groups in total. The van der Waals surface area contributed by atoms with Crippen LogP contribution in [0.15, 0.2) is 67.0 Å². The van der Waals surface area contributed by atoms with E-state index in [0.717, 1.165) is 11.1 Å². The summed E-state index contributed by atoms with van der Waals surface area (Å²) in [5.74, 6) is -0.0345. The molecular weight excluding hydrogens is 330 g/mol. The van der Waals surface area contributed by atoms with Gasteiger partial charge in [-0.1, -0.05) is 60.7 Å². The molecule has 3 aromatic rings. The van der Waals surface area contributed by atoms with Crippen molar-refractivity contribution < 1.29 is 9.53 Å². The third-order valence-corrected chi connectivity index (χ3v) is 4.53. The van der Waals surface area contributed by atoms with Gasteiger partial charge in [0.05, 0.1) is 13.2 Å². The highest BCUT2D eigenvalue weighted by atomic mass is 16.5. The second kappa shape index (κ2) is 7.45. The first-order valence-corrected chi connectivity index (χ1v) is 8.55. The molecule has 1 fully saturated rings. The minimum Gasteiger partial charge on any atom is -0.370 e. The van der Waals surface area contributed by atoms with E-state index < -0.39 is 6.04 Å². The number of nitrogens with zero attached hydrogens (tertiary/aromatic N) is 5. The first kappa shape index (κ1) is 16.4. The smallest absolute Gasteiger partial charge is 0.252 e. The number of benzene rings is 2. The lowest BCUT2D eigenvalue weighted by Gasteiger charge is -2.35. The number of tetrazole rings is 1. The summed E-state index contributed by atoms with van der Waals surface area (Å²) in [4.78, 5) is 15.2. The first-order valence-electron chi connectivity index (χ1n) is 8.55. The molecule has 0 radical (unpaired) electrons. The number of hydrogen-bond donors (Lipinski definition) is 0. The Bertz CT molecular complexity index is 839. The van der Waals surface area contributed by atoms with Crippen molar-refractivity contribution >= 4 is 5.91 Å². The van der Waals surface area contributed by atoms with Gasteiger partial charge in [0.2, 0.25) is 0 Å². The Labute approximate surface area is 151 Å². The van der Waals surface area contributed by atoms with Crippen molar-refractivity contribution in [3.8, 4) is 0 Å². The van der Waals surface area contributed by atoms with Crippen molar-refractivity contribution in [2.24, 2.45) is 0 Å². The first-order chi connectivity index (χ1) is 12.8. The van der Waals surface area contributed by atoms with Crippen LogP contribution in [0.1, 0.15) is 23.3 Å². The molecule has 26 heavy (non-hydrogen) atoms. The minimum atomic E-state index is -0.583. The molecule has 0 spiro atoms. The maximum Gasteiger partial charge on any atom is 0.252 e. The third-order valence-electron chi connectivity index (χ3n) is 4.53. The topological polar surface area (TPSA) is 73.1 Å². The molecule has 0 saturated carbocycles. The summed E-state index contributed by atoms with van der Waals surface area (Å²) < 4.78 is 7.38. The number of ether oxygens (including phenoxy) is 1.